The van der Waals surface area contributed by atoms with Gasteiger partial charge in [0, 0.05) is 99.8 Å². The van der Waals surface area contributed by atoms with Gasteiger partial charge in [0.2, 0.25) is 0 Å². The number of nitrogens with two attached hydrogens (primary N) is 2. The summed E-state index contributed by atoms with van der Waals surface area (Å²) < 4.78 is 45.7. The molecule has 20 nitrogen and oxygen atoms in total. The fourth-order valence-electron chi connectivity index (χ4n) is 6.38. The summed E-state index contributed by atoms with van der Waals surface area (Å²) in [5, 5.41) is 55.7. The Kier molecular flexibility index (Phi) is 28.6. The molecule has 2 saturated heterocycles. The van der Waals surface area contributed by atoms with E-state index < -0.39 is 73.3 Å². The normalized spacial score (nSPS) is 29.8. The van der Waals surface area contributed by atoms with Crippen LogP contribution in [0.15, 0.2) is 9.98 Å². The highest BCUT2D eigenvalue weighted by Gasteiger charge is 2.47. The highest BCUT2D eigenvalue weighted by Crippen LogP contribution is 2.30. The zero-order valence-corrected chi connectivity index (χ0v) is 33.9. The number of aliphatic hydroxyl groups is 4. The van der Waals surface area contributed by atoms with Gasteiger partial charge in [-0.2, -0.15) is 0 Å². The second kappa shape index (κ2) is 31.5. The average molecular weight is 811 g/mol. The number of unbranched alkanes of at least 4 members (excludes halogenated alkanes) is 2. The van der Waals surface area contributed by atoms with Gasteiger partial charge in [0.15, 0.2) is 12.6 Å². The third kappa shape index (κ3) is 19.1. The van der Waals surface area contributed by atoms with Gasteiger partial charge in [-0.15, -0.1) is 0 Å². The number of aliphatic imine (C=N–C) groups is 2. The molecule has 0 aliphatic carbocycles. The predicted octanol–water partition coefficient (Wildman–Crippen LogP) is -4.19. The molecular formula is C36H74N8O12. The molecule has 0 aromatic rings. The summed E-state index contributed by atoms with van der Waals surface area (Å²) >= 11 is 0. The van der Waals surface area contributed by atoms with Crippen molar-refractivity contribution in [2.45, 2.75) is 86.7 Å². The van der Waals surface area contributed by atoms with Crippen molar-refractivity contribution in [3.63, 3.8) is 0 Å². The standard InChI is InChI=1S/C36H74N8O12/c1-49-22-27-28(23-53-20-25(45)18-41-16-14-39-12-8-37)55-35(51-3)30(32(27)47)43-10-6-5-7-11-44-31-33(48)34(50-2)29(56-36(31)52-4)24-54-21-26(46)19-42-17-15-40-13-9-38/h10-11,25-36,39-42,45-48H,5-9,12-24,37-38H2,1-4H3. The fraction of sp³-hybridized carbons (Fsp3) is 0.944. The number of nitrogens with one attached hydrogen (secondary N) is 4. The fourth-order valence-corrected chi connectivity index (χ4v) is 6.38. The van der Waals surface area contributed by atoms with Gasteiger partial charge in [-0.1, -0.05) is 0 Å². The van der Waals surface area contributed by atoms with E-state index in [0.29, 0.717) is 58.5 Å². The van der Waals surface area contributed by atoms with E-state index in [4.69, 9.17) is 49.4 Å². The van der Waals surface area contributed by atoms with E-state index in [1.807, 2.05) is 0 Å². The SMILES string of the molecule is COCC1C(COCC(O)CNCCNCCN)OC(OC)C(N=CCCCC=NC2C(OC)OC(COCC(O)CNCCNCCN)C(OC)C2O)C1O. The summed E-state index contributed by atoms with van der Waals surface area (Å²) in [6, 6.07) is -1.40. The topological polar surface area (TPSA) is 280 Å². The Morgan fingerprint density at radius 1 is 0.643 bits per heavy atom. The van der Waals surface area contributed by atoms with Gasteiger partial charge >= 0.3 is 0 Å². The monoisotopic (exact) mass is 811 g/mol. The molecule has 0 amide bonds. The van der Waals surface area contributed by atoms with Crippen LogP contribution < -0.4 is 32.7 Å². The maximum Gasteiger partial charge on any atom is 0.182 e. The molecule has 0 aromatic heterocycles. The second-order valence-corrected chi connectivity index (χ2v) is 13.8. The molecule has 0 spiro atoms. The van der Waals surface area contributed by atoms with Gasteiger partial charge in [0.1, 0.15) is 30.4 Å². The van der Waals surface area contributed by atoms with Gasteiger partial charge in [-0.25, -0.2) is 0 Å². The van der Waals surface area contributed by atoms with Crippen LogP contribution in [-0.2, 0) is 37.9 Å². The molecule has 12 atom stereocenters. The molecule has 330 valence electrons. The van der Waals surface area contributed by atoms with Crippen LogP contribution in [0.2, 0.25) is 0 Å². The van der Waals surface area contributed by atoms with E-state index in [0.717, 1.165) is 26.2 Å². The van der Waals surface area contributed by atoms with E-state index >= 15 is 0 Å². The van der Waals surface area contributed by atoms with Crippen molar-refractivity contribution >= 4 is 12.4 Å². The van der Waals surface area contributed by atoms with Gasteiger partial charge in [-0.3, -0.25) is 9.98 Å². The lowest BCUT2D eigenvalue weighted by Crippen LogP contribution is -2.59. The molecule has 2 fully saturated rings. The summed E-state index contributed by atoms with van der Waals surface area (Å²) in [5.41, 5.74) is 10.9. The van der Waals surface area contributed by atoms with Crippen LogP contribution in [0.5, 0.6) is 0 Å². The van der Waals surface area contributed by atoms with Crippen LogP contribution in [0, 0.1) is 5.92 Å². The highest BCUT2D eigenvalue weighted by molar-refractivity contribution is 5.61. The number of hydrogen-bond donors (Lipinski definition) is 10. The Morgan fingerprint density at radius 2 is 1.12 bits per heavy atom. The molecule has 0 bridgehead atoms. The van der Waals surface area contributed by atoms with Crippen molar-refractivity contribution in [2.24, 2.45) is 27.4 Å². The molecule has 0 saturated carbocycles. The molecule has 0 radical (unpaired) electrons. The van der Waals surface area contributed by atoms with Crippen molar-refractivity contribution in [3.8, 4) is 0 Å². The van der Waals surface area contributed by atoms with E-state index in [2.05, 4.69) is 31.3 Å². The summed E-state index contributed by atoms with van der Waals surface area (Å²) in [5.74, 6) is -0.432. The maximum atomic E-state index is 11.3. The quantitative estimate of drug-likeness (QED) is 0.0222. The minimum Gasteiger partial charge on any atom is -0.390 e. The van der Waals surface area contributed by atoms with Crippen molar-refractivity contribution in [3.05, 3.63) is 0 Å². The molecule has 20 heteroatoms. The average Bonchev–Trinajstić information content (AvgIpc) is 3.19. The lowest BCUT2D eigenvalue weighted by Gasteiger charge is -2.42. The number of rotatable bonds is 33. The summed E-state index contributed by atoms with van der Waals surface area (Å²) in [6.07, 6.45) is -1.56. The maximum absolute atomic E-state index is 11.3. The molecule has 2 aliphatic rings. The second-order valence-electron chi connectivity index (χ2n) is 13.8. The van der Waals surface area contributed by atoms with Crippen molar-refractivity contribution in [1.82, 2.24) is 21.3 Å². The first-order valence-electron chi connectivity index (χ1n) is 19.8. The first-order valence-corrected chi connectivity index (χ1v) is 19.8. The van der Waals surface area contributed by atoms with Crippen molar-refractivity contribution in [2.75, 3.05) is 127 Å². The minimum atomic E-state index is -1.02. The molecule has 2 aliphatic heterocycles. The van der Waals surface area contributed by atoms with Gasteiger partial charge in [-0.05, 0) is 31.7 Å². The molecule has 2 heterocycles. The third-order valence-corrected chi connectivity index (χ3v) is 9.36. The van der Waals surface area contributed by atoms with Crippen LogP contribution >= 0.6 is 0 Å². The minimum absolute atomic E-state index is 0.0834. The highest BCUT2D eigenvalue weighted by atomic mass is 16.7. The van der Waals surface area contributed by atoms with E-state index in [1.165, 1.54) is 21.3 Å². The molecule has 12 unspecified atom stereocenters. The summed E-state index contributed by atoms with van der Waals surface area (Å²) in [7, 11) is 6.02. The zero-order valence-electron chi connectivity index (χ0n) is 33.9. The molecule has 12 N–H and O–H groups in total. The number of methoxy groups -OCH3 is 4. The first-order chi connectivity index (χ1) is 27.3. The van der Waals surface area contributed by atoms with Crippen LogP contribution in [0.3, 0.4) is 0 Å². The van der Waals surface area contributed by atoms with Gasteiger partial charge < -0.3 is 91.1 Å². The van der Waals surface area contributed by atoms with Crippen LogP contribution in [-0.4, -0.2) is 227 Å². The van der Waals surface area contributed by atoms with Gasteiger partial charge in [0.25, 0.3) is 0 Å². The number of hydrogen-bond acceptors (Lipinski definition) is 20. The van der Waals surface area contributed by atoms with Gasteiger partial charge in [0.05, 0.1) is 57.5 Å². The smallest absolute Gasteiger partial charge is 0.182 e. The Balaban J connectivity index is 1.79. The Labute approximate surface area is 332 Å². The summed E-state index contributed by atoms with van der Waals surface area (Å²) in [4.78, 5) is 9.17. The number of ether oxygens (including phenoxy) is 8. The Bertz CT molecular complexity index is 1010. The van der Waals surface area contributed by atoms with E-state index in [-0.39, 0.29) is 33.0 Å². The van der Waals surface area contributed by atoms with Crippen molar-refractivity contribution < 1.29 is 58.3 Å². The Morgan fingerprint density at radius 3 is 1.61 bits per heavy atom. The number of aliphatic hydroxyl groups excluding tert-OH is 4. The molecular weight excluding hydrogens is 736 g/mol. The van der Waals surface area contributed by atoms with E-state index in [1.54, 1.807) is 19.5 Å². The summed E-state index contributed by atoms with van der Waals surface area (Å²) in [6.45, 7) is 6.89. The molecule has 56 heavy (non-hydrogen) atoms. The lowest BCUT2D eigenvalue weighted by molar-refractivity contribution is -0.265. The van der Waals surface area contributed by atoms with E-state index in [9.17, 15) is 20.4 Å². The van der Waals surface area contributed by atoms with Crippen molar-refractivity contribution in [1.29, 1.82) is 0 Å². The number of nitrogens with zero attached hydrogens (tertiary/aromatic N) is 2. The Hall–Kier alpha value is -1.38. The zero-order chi connectivity index (χ0) is 41.0. The molecule has 0 aromatic carbocycles. The predicted molar refractivity (Wildman–Crippen MR) is 211 cm³/mol. The first kappa shape index (κ1) is 50.8. The van der Waals surface area contributed by atoms with Crippen LogP contribution in [0.25, 0.3) is 0 Å². The molecule has 2 rings (SSSR count). The third-order valence-electron chi connectivity index (χ3n) is 9.36. The van der Waals surface area contributed by atoms with Crippen LogP contribution in [0.4, 0.5) is 0 Å². The van der Waals surface area contributed by atoms with Crippen LogP contribution in [0.1, 0.15) is 19.3 Å². The lowest BCUT2D eigenvalue weighted by atomic mass is 9.88. The largest absolute Gasteiger partial charge is 0.390 e.